The summed E-state index contributed by atoms with van der Waals surface area (Å²) in [6.45, 7) is 7.68. The molecule has 0 aliphatic heterocycles. The molecule has 0 aliphatic rings. The minimum absolute atomic E-state index is 0.105. The first-order chi connectivity index (χ1) is 13.8. The predicted molar refractivity (Wildman–Crippen MR) is 105 cm³/mol. The Morgan fingerprint density at radius 1 is 1.07 bits per heavy atom. The summed E-state index contributed by atoms with van der Waals surface area (Å²) in [5.74, 6) is 0.580. The first kappa shape index (κ1) is 20.2. The monoisotopic (exact) mass is 396 g/mol. The molecule has 3 aromatic rings. The van der Waals surface area contributed by atoms with Gasteiger partial charge in [-0.3, -0.25) is 9.59 Å². The van der Waals surface area contributed by atoms with Crippen LogP contribution in [0.1, 0.15) is 34.1 Å². The number of rotatable bonds is 7. The smallest absolute Gasteiger partial charge is 0.251 e. The highest BCUT2D eigenvalue weighted by Crippen LogP contribution is 2.17. The highest BCUT2D eigenvalue weighted by atomic mass is 16.3. The number of nitrogens with one attached hydrogen (secondary N) is 2. The van der Waals surface area contributed by atoms with Crippen molar-refractivity contribution >= 4 is 11.8 Å². The third-order valence-corrected chi connectivity index (χ3v) is 4.42. The molecule has 9 nitrogen and oxygen atoms in total. The summed E-state index contributed by atoms with van der Waals surface area (Å²) in [6.07, 6.45) is 1.66. The zero-order chi connectivity index (χ0) is 21.0. The highest BCUT2D eigenvalue weighted by molar-refractivity contribution is 5.85. The Morgan fingerprint density at radius 3 is 2.45 bits per heavy atom. The fraction of sp³-hybridized carbons (Fsp3) is 0.350. The van der Waals surface area contributed by atoms with Gasteiger partial charge in [-0.2, -0.15) is 5.10 Å². The van der Waals surface area contributed by atoms with Crippen molar-refractivity contribution in [1.29, 1.82) is 0 Å². The van der Waals surface area contributed by atoms with Gasteiger partial charge in [0.05, 0.1) is 31.5 Å². The van der Waals surface area contributed by atoms with Crippen molar-refractivity contribution in [2.24, 2.45) is 0 Å². The minimum Gasteiger partial charge on any atom is -0.467 e. The summed E-state index contributed by atoms with van der Waals surface area (Å²) < 4.78 is 6.79. The molecule has 3 aromatic heterocycles. The molecule has 3 rings (SSSR count). The predicted octanol–water partition coefficient (Wildman–Crippen LogP) is 1.46. The molecule has 9 heteroatoms. The molecule has 29 heavy (non-hydrogen) atoms. The van der Waals surface area contributed by atoms with Gasteiger partial charge in [0.25, 0.3) is 5.95 Å². The van der Waals surface area contributed by atoms with Crippen LogP contribution in [-0.2, 0) is 22.6 Å². The average molecular weight is 396 g/mol. The molecule has 0 radical (unpaired) electrons. The van der Waals surface area contributed by atoms with Crippen LogP contribution < -0.4 is 10.6 Å². The van der Waals surface area contributed by atoms with Crippen LogP contribution in [0.5, 0.6) is 0 Å². The second-order valence-corrected chi connectivity index (χ2v) is 6.82. The van der Waals surface area contributed by atoms with Crippen molar-refractivity contribution in [1.82, 2.24) is 30.4 Å². The number of nitrogens with zero attached hydrogens (tertiary/aromatic N) is 4. The maximum atomic E-state index is 12.3. The van der Waals surface area contributed by atoms with Crippen LogP contribution in [0.25, 0.3) is 5.95 Å². The fourth-order valence-electron chi connectivity index (χ4n) is 2.99. The summed E-state index contributed by atoms with van der Waals surface area (Å²) in [7, 11) is 0. The van der Waals surface area contributed by atoms with E-state index in [1.807, 2.05) is 33.8 Å². The Morgan fingerprint density at radius 2 is 1.79 bits per heavy atom. The topological polar surface area (TPSA) is 115 Å². The molecular formula is C20H24N6O3. The maximum Gasteiger partial charge on any atom is 0.251 e. The molecule has 0 aromatic carbocycles. The zero-order valence-electron chi connectivity index (χ0n) is 16.9. The van der Waals surface area contributed by atoms with Crippen molar-refractivity contribution < 1.29 is 14.0 Å². The summed E-state index contributed by atoms with van der Waals surface area (Å²) in [6, 6.07) is 5.40. The summed E-state index contributed by atoms with van der Waals surface area (Å²) in [4.78, 5) is 33.1. The number of aromatic nitrogens is 4. The van der Waals surface area contributed by atoms with E-state index in [1.165, 1.54) is 6.26 Å². The van der Waals surface area contributed by atoms with E-state index in [-0.39, 0.29) is 31.3 Å². The van der Waals surface area contributed by atoms with Gasteiger partial charge in [-0.25, -0.2) is 14.6 Å². The van der Waals surface area contributed by atoms with E-state index in [1.54, 1.807) is 16.8 Å². The molecule has 0 unspecified atom stereocenters. The molecule has 0 aliphatic carbocycles. The number of furan rings is 1. The maximum absolute atomic E-state index is 12.3. The second kappa shape index (κ2) is 8.68. The molecule has 0 saturated heterocycles. The largest absolute Gasteiger partial charge is 0.467 e. The lowest BCUT2D eigenvalue weighted by Gasteiger charge is -2.07. The van der Waals surface area contributed by atoms with Crippen LogP contribution in [0.4, 0.5) is 0 Å². The molecule has 2 N–H and O–H groups in total. The lowest BCUT2D eigenvalue weighted by molar-refractivity contribution is -0.125. The normalized spacial score (nSPS) is 10.8. The zero-order valence-corrected chi connectivity index (χ0v) is 16.9. The first-order valence-electron chi connectivity index (χ1n) is 9.27. The van der Waals surface area contributed by atoms with Gasteiger partial charge in [0.2, 0.25) is 11.8 Å². The Labute approximate surface area is 168 Å². The Kier molecular flexibility index (Phi) is 6.06. The van der Waals surface area contributed by atoms with Crippen LogP contribution in [0.15, 0.2) is 28.9 Å². The van der Waals surface area contributed by atoms with Gasteiger partial charge in [0.15, 0.2) is 0 Å². The SMILES string of the molecule is Cc1cc(C)nc(-n2nc(C)c(CC(=O)NCC(=O)NCc3ccco3)c2C)n1. The van der Waals surface area contributed by atoms with E-state index >= 15 is 0 Å². The van der Waals surface area contributed by atoms with E-state index in [9.17, 15) is 9.59 Å². The van der Waals surface area contributed by atoms with Gasteiger partial charge < -0.3 is 15.1 Å². The number of aryl methyl sites for hydroxylation is 3. The summed E-state index contributed by atoms with van der Waals surface area (Å²) >= 11 is 0. The molecule has 0 bridgehead atoms. The lowest BCUT2D eigenvalue weighted by Crippen LogP contribution is -2.37. The van der Waals surface area contributed by atoms with E-state index < -0.39 is 0 Å². The third kappa shape index (κ3) is 5.07. The summed E-state index contributed by atoms with van der Waals surface area (Å²) in [5.41, 5.74) is 4.01. The van der Waals surface area contributed by atoms with Crippen LogP contribution >= 0.6 is 0 Å². The lowest BCUT2D eigenvalue weighted by atomic mass is 10.1. The Hall–Kier alpha value is -3.49. The molecule has 0 spiro atoms. The standard InChI is InChI=1S/C20H24N6O3/c1-12-8-13(2)24-20(23-12)26-15(4)17(14(3)25-26)9-18(27)22-11-19(28)21-10-16-6-5-7-29-16/h5-8H,9-11H2,1-4H3,(H,21,28)(H,22,27). The molecule has 0 saturated carbocycles. The number of amides is 2. The first-order valence-corrected chi connectivity index (χ1v) is 9.27. The summed E-state index contributed by atoms with van der Waals surface area (Å²) in [5, 5.41) is 9.81. The van der Waals surface area contributed by atoms with Gasteiger partial charge in [-0.05, 0) is 45.9 Å². The van der Waals surface area contributed by atoms with Gasteiger partial charge >= 0.3 is 0 Å². The second-order valence-electron chi connectivity index (χ2n) is 6.82. The van der Waals surface area contributed by atoms with Crippen molar-refractivity contribution in [2.45, 2.75) is 40.7 Å². The Bertz CT molecular complexity index is 1000. The van der Waals surface area contributed by atoms with Crippen molar-refractivity contribution in [2.75, 3.05) is 6.54 Å². The van der Waals surface area contributed by atoms with Crippen molar-refractivity contribution in [3.63, 3.8) is 0 Å². The van der Waals surface area contributed by atoms with E-state index in [2.05, 4.69) is 25.7 Å². The number of carbonyl (C=O) groups excluding carboxylic acids is 2. The van der Waals surface area contributed by atoms with Crippen LogP contribution in [0.3, 0.4) is 0 Å². The molecule has 0 atom stereocenters. The number of hydrogen-bond donors (Lipinski definition) is 2. The van der Waals surface area contributed by atoms with Crippen LogP contribution in [-0.4, -0.2) is 38.1 Å². The van der Waals surface area contributed by atoms with Crippen LogP contribution in [0, 0.1) is 27.7 Å². The van der Waals surface area contributed by atoms with Crippen molar-refractivity contribution in [3.05, 3.63) is 58.6 Å². The van der Waals surface area contributed by atoms with Gasteiger partial charge in [-0.1, -0.05) is 0 Å². The fourth-order valence-corrected chi connectivity index (χ4v) is 2.99. The quantitative estimate of drug-likeness (QED) is 0.625. The van der Waals surface area contributed by atoms with Gasteiger partial charge in [0.1, 0.15) is 5.76 Å². The molecule has 2 amide bonds. The Balaban J connectivity index is 1.60. The third-order valence-electron chi connectivity index (χ3n) is 4.42. The van der Waals surface area contributed by atoms with E-state index in [0.717, 1.165) is 28.3 Å². The minimum atomic E-state index is -0.289. The average Bonchev–Trinajstić information content (AvgIpc) is 3.27. The molecule has 0 fully saturated rings. The van der Waals surface area contributed by atoms with Gasteiger partial charge in [-0.15, -0.1) is 0 Å². The van der Waals surface area contributed by atoms with Crippen molar-refractivity contribution in [3.8, 4) is 5.95 Å². The number of carbonyl (C=O) groups is 2. The van der Waals surface area contributed by atoms with E-state index in [0.29, 0.717) is 11.7 Å². The van der Waals surface area contributed by atoms with E-state index in [4.69, 9.17) is 4.42 Å². The van der Waals surface area contributed by atoms with Crippen LogP contribution in [0.2, 0.25) is 0 Å². The molecular weight excluding hydrogens is 372 g/mol. The van der Waals surface area contributed by atoms with Gasteiger partial charge in [0, 0.05) is 22.6 Å². The molecule has 152 valence electrons. The number of hydrogen-bond acceptors (Lipinski definition) is 6. The molecule has 3 heterocycles. The highest BCUT2D eigenvalue weighted by Gasteiger charge is 2.18.